The predicted octanol–water partition coefficient (Wildman–Crippen LogP) is 3.91. The van der Waals surface area contributed by atoms with Gasteiger partial charge in [0.1, 0.15) is 0 Å². The van der Waals surface area contributed by atoms with Crippen LogP contribution in [0.15, 0.2) is 59.8 Å². The quantitative estimate of drug-likeness (QED) is 0.650. The summed E-state index contributed by atoms with van der Waals surface area (Å²) in [5.41, 5.74) is 4.35. The maximum absolute atomic E-state index is 13.0. The lowest BCUT2D eigenvalue weighted by Crippen LogP contribution is -2.38. The van der Waals surface area contributed by atoms with Crippen LogP contribution >= 0.6 is 0 Å². The maximum Gasteiger partial charge on any atom is 0.269 e. The minimum Gasteiger partial charge on any atom is -0.329 e. The van der Waals surface area contributed by atoms with E-state index in [0.29, 0.717) is 24.1 Å². The number of nitrogens with one attached hydrogen (secondary N) is 1. The third-order valence-corrected chi connectivity index (χ3v) is 5.59. The molecule has 0 bridgehead atoms. The van der Waals surface area contributed by atoms with Gasteiger partial charge in [0.15, 0.2) is 5.78 Å². The van der Waals surface area contributed by atoms with Crippen molar-refractivity contribution in [3.8, 4) is 0 Å². The standard InChI is InChI=1S/C22H20N2O4/c1-13-2-4-14(5-3-13)16-10-19-22(20(25)11-16)18(12-21(26)23-19)15-6-8-17(9-7-15)24(27)28/h2-9,16,18H,10-12H2,1H3,(H,23,26). The van der Waals surface area contributed by atoms with Gasteiger partial charge in [0.25, 0.3) is 5.69 Å². The first-order chi connectivity index (χ1) is 13.4. The molecule has 2 unspecified atom stereocenters. The second-order valence-electron chi connectivity index (χ2n) is 7.48. The molecular weight excluding hydrogens is 356 g/mol. The van der Waals surface area contributed by atoms with Gasteiger partial charge in [-0.15, -0.1) is 0 Å². The minimum absolute atomic E-state index is 0.00683. The number of hydrogen-bond donors (Lipinski definition) is 1. The van der Waals surface area contributed by atoms with E-state index in [1.54, 1.807) is 12.1 Å². The minimum atomic E-state index is -0.458. The molecule has 0 aromatic heterocycles. The lowest BCUT2D eigenvalue weighted by molar-refractivity contribution is -0.384. The molecule has 6 heteroatoms. The number of amides is 1. The first kappa shape index (κ1) is 18.1. The van der Waals surface area contributed by atoms with E-state index < -0.39 is 4.92 Å². The fraction of sp³-hybridized carbons (Fsp3) is 0.273. The molecule has 0 saturated carbocycles. The van der Waals surface area contributed by atoms with E-state index in [4.69, 9.17) is 0 Å². The average molecular weight is 376 g/mol. The van der Waals surface area contributed by atoms with Crippen LogP contribution in [0.1, 0.15) is 47.8 Å². The van der Waals surface area contributed by atoms with Gasteiger partial charge in [-0.25, -0.2) is 0 Å². The summed E-state index contributed by atoms with van der Waals surface area (Å²) in [6, 6.07) is 14.3. The third-order valence-electron chi connectivity index (χ3n) is 5.59. The Balaban J connectivity index is 1.68. The van der Waals surface area contributed by atoms with Crippen molar-refractivity contribution < 1.29 is 14.5 Å². The largest absolute Gasteiger partial charge is 0.329 e. The van der Waals surface area contributed by atoms with Gasteiger partial charge in [0.2, 0.25) is 5.91 Å². The topological polar surface area (TPSA) is 89.3 Å². The van der Waals surface area contributed by atoms with E-state index in [1.165, 1.54) is 12.1 Å². The summed E-state index contributed by atoms with van der Waals surface area (Å²) in [4.78, 5) is 35.8. The summed E-state index contributed by atoms with van der Waals surface area (Å²) in [5, 5.41) is 13.8. The van der Waals surface area contributed by atoms with Crippen LogP contribution in [0.25, 0.3) is 0 Å². The number of carbonyl (C=O) groups is 2. The molecule has 2 aromatic carbocycles. The molecule has 1 heterocycles. The van der Waals surface area contributed by atoms with Crippen molar-refractivity contribution in [2.45, 2.75) is 38.0 Å². The smallest absolute Gasteiger partial charge is 0.269 e. The van der Waals surface area contributed by atoms with Gasteiger partial charge in [-0.2, -0.15) is 0 Å². The van der Waals surface area contributed by atoms with Gasteiger partial charge in [-0.3, -0.25) is 19.7 Å². The number of hydrogen-bond acceptors (Lipinski definition) is 4. The summed E-state index contributed by atoms with van der Waals surface area (Å²) in [6.07, 6.45) is 1.19. The number of non-ortho nitro benzene ring substituents is 1. The number of carbonyl (C=O) groups excluding carboxylic acids is 2. The van der Waals surface area contributed by atoms with Crippen LogP contribution in [-0.4, -0.2) is 16.6 Å². The normalized spacial score (nSPS) is 21.9. The maximum atomic E-state index is 13.0. The van der Waals surface area contributed by atoms with Crippen LogP contribution in [0.2, 0.25) is 0 Å². The summed E-state index contributed by atoms with van der Waals surface area (Å²) in [7, 11) is 0. The van der Waals surface area contributed by atoms with Crippen molar-refractivity contribution in [2.75, 3.05) is 0 Å². The highest BCUT2D eigenvalue weighted by molar-refractivity contribution is 6.02. The van der Waals surface area contributed by atoms with Crippen molar-refractivity contribution in [1.82, 2.24) is 5.32 Å². The van der Waals surface area contributed by atoms with Gasteiger partial charge in [0.05, 0.1) is 4.92 Å². The van der Waals surface area contributed by atoms with Gasteiger partial charge >= 0.3 is 0 Å². The molecule has 142 valence electrons. The Morgan fingerprint density at radius 2 is 1.57 bits per heavy atom. The van der Waals surface area contributed by atoms with E-state index in [9.17, 15) is 19.7 Å². The highest BCUT2D eigenvalue weighted by atomic mass is 16.6. The molecule has 2 aliphatic rings. The van der Waals surface area contributed by atoms with Gasteiger partial charge in [-0.1, -0.05) is 42.0 Å². The fourth-order valence-corrected chi connectivity index (χ4v) is 4.15. The molecule has 6 nitrogen and oxygen atoms in total. The molecule has 0 spiro atoms. The van der Waals surface area contributed by atoms with Gasteiger partial charge in [0, 0.05) is 42.2 Å². The molecule has 1 aliphatic carbocycles. The first-order valence-corrected chi connectivity index (χ1v) is 9.29. The summed E-state index contributed by atoms with van der Waals surface area (Å²) >= 11 is 0. The van der Waals surface area contributed by atoms with Crippen LogP contribution in [0, 0.1) is 17.0 Å². The van der Waals surface area contributed by atoms with Crippen LogP contribution < -0.4 is 5.32 Å². The number of rotatable bonds is 3. The van der Waals surface area contributed by atoms with Crippen LogP contribution in [0.3, 0.4) is 0 Å². The molecule has 1 aliphatic heterocycles. The number of Topliss-reactive ketones (excluding diaryl/α,β-unsaturated/α-hetero) is 1. The molecule has 28 heavy (non-hydrogen) atoms. The second kappa shape index (κ2) is 7.03. The summed E-state index contributed by atoms with van der Waals surface area (Å²) in [6.45, 7) is 2.02. The number of nitro benzene ring substituents is 1. The number of nitro groups is 1. The number of ketones is 1. The molecule has 1 amide bonds. The van der Waals surface area contributed by atoms with Crippen molar-refractivity contribution in [1.29, 1.82) is 0 Å². The lowest BCUT2D eigenvalue weighted by atomic mass is 9.73. The zero-order valence-electron chi connectivity index (χ0n) is 15.5. The Labute approximate surface area is 162 Å². The average Bonchev–Trinajstić information content (AvgIpc) is 2.67. The molecule has 0 saturated heterocycles. The van der Waals surface area contributed by atoms with E-state index in [-0.39, 0.29) is 35.6 Å². The van der Waals surface area contributed by atoms with E-state index in [1.807, 2.05) is 31.2 Å². The Hall–Kier alpha value is -3.28. The Morgan fingerprint density at radius 1 is 0.929 bits per heavy atom. The third kappa shape index (κ3) is 3.33. The summed E-state index contributed by atoms with van der Waals surface area (Å²) in [5.74, 6) is -0.395. The fourth-order valence-electron chi connectivity index (χ4n) is 4.15. The number of aryl methyl sites for hydroxylation is 1. The molecule has 2 aromatic rings. The monoisotopic (exact) mass is 376 g/mol. The van der Waals surface area contributed by atoms with Crippen molar-refractivity contribution >= 4 is 17.4 Å². The SMILES string of the molecule is Cc1ccc(C2CC(=O)C3=C(C2)NC(=O)CC3c2ccc([N+](=O)[O-])cc2)cc1. The Kier molecular flexibility index (Phi) is 4.55. The number of allylic oxidation sites excluding steroid dienone is 2. The van der Waals surface area contributed by atoms with E-state index in [2.05, 4.69) is 5.32 Å². The molecule has 1 N–H and O–H groups in total. The molecule has 2 atom stereocenters. The predicted molar refractivity (Wildman–Crippen MR) is 104 cm³/mol. The molecule has 0 fully saturated rings. The van der Waals surface area contributed by atoms with Crippen LogP contribution in [0.4, 0.5) is 5.69 Å². The summed E-state index contributed by atoms with van der Waals surface area (Å²) < 4.78 is 0. The van der Waals surface area contributed by atoms with Crippen molar-refractivity contribution in [2.24, 2.45) is 0 Å². The van der Waals surface area contributed by atoms with Crippen LogP contribution in [-0.2, 0) is 9.59 Å². The highest BCUT2D eigenvalue weighted by Crippen LogP contribution is 2.42. The first-order valence-electron chi connectivity index (χ1n) is 9.29. The number of nitrogens with zero attached hydrogens (tertiary/aromatic N) is 1. The van der Waals surface area contributed by atoms with Crippen LogP contribution in [0.5, 0.6) is 0 Å². The highest BCUT2D eigenvalue weighted by Gasteiger charge is 2.38. The molecular formula is C22H20N2O4. The molecule has 0 radical (unpaired) electrons. The Bertz CT molecular complexity index is 990. The van der Waals surface area contributed by atoms with E-state index >= 15 is 0 Å². The number of benzene rings is 2. The zero-order valence-corrected chi connectivity index (χ0v) is 15.5. The zero-order chi connectivity index (χ0) is 19.8. The molecule has 4 rings (SSSR count). The van der Waals surface area contributed by atoms with Crippen molar-refractivity contribution in [3.63, 3.8) is 0 Å². The van der Waals surface area contributed by atoms with Gasteiger partial charge < -0.3 is 5.32 Å². The second-order valence-corrected chi connectivity index (χ2v) is 7.48. The Morgan fingerprint density at radius 3 is 2.21 bits per heavy atom. The van der Waals surface area contributed by atoms with Gasteiger partial charge in [-0.05, 0) is 30.4 Å². The van der Waals surface area contributed by atoms with Crippen molar-refractivity contribution in [3.05, 3.63) is 86.6 Å². The lowest BCUT2D eigenvalue weighted by Gasteiger charge is -2.34. The van der Waals surface area contributed by atoms with E-state index in [0.717, 1.165) is 16.7 Å².